The van der Waals surface area contributed by atoms with Crippen molar-refractivity contribution in [1.82, 2.24) is 10.4 Å². The highest BCUT2D eigenvalue weighted by molar-refractivity contribution is 5.73. The van der Waals surface area contributed by atoms with E-state index in [1.807, 2.05) is 0 Å². The van der Waals surface area contributed by atoms with Crippen LogP contribution in [0.1, 0.15) is 13.3 Å². The van der Waals surface area contributed by atoms with E-state index in [1.165, 1.54) is 0 Å². The van der Waals surface area contributed by atoms with Gasteiger partial charge in [-0.1, -0.05) is 6.92 Å². The van der Waals surface area contributed by atoms with Crippen molar-refractivity contribution in [2.45, 2.75) is 68.3 Å². The van der Waals surface area contributed by atoms with Crippen molar-refractivity contribution in [2.75, 3.05) is 19.7 Å². The van der Waals surface area contributed by atoms with Crippen LogP contribution in [-0.2, 0) is 9.47 Å². The molecule has 1 heterocycles. The van der Waals surface area contributed by atoms with Crippen molar-refractivity contribution in [3.63, 3.8) is 0 Å². The highest BCUT2D eigenvalue weighted by Crippen LogP contribution is 2.30. The summed E-state index contributed by atoms with van der Waals surface area (Å²) in [6.07, 6.45) is -7.23. The Morgan fingerprint density at radius 1 is 1.24 bits per heavy atom. The lowest BCUT2D eigenvalue weighted by atomic mass is 9.79. The van der Waals surface area contributed by atoms with E-state index in [0.717, 1.165) is 0 Å². The summed E-state index contributed by atoms with van der Waals surface area (Å²) in [5.41, 5.74) is 17.1. The Morgan fingerprint density at radius 3 is 2.48 bits per heavy atom. The summed E-state index contributed by atoms with van der Waals surface area (Å²) >= 11 is 0. The Labute approximate surface area is 168 Å². The second-order valence-electron chi connectivity index (χ2n) is 7.60. The first-order valence-electron chi connectivity index (χ1n) is 9.56. The molecule has 13 nitrogen and oxygen atoms in total. The molecule has 0 aromatic rings. The first-order valence-corrected chi connectivity index (χ1v) is 9.56. The van der Waals surface area contributed by atoms with Gasteiger partial charge in [0.2, 0.25) is 0 Å². The number of urea groups is 1. The van der Waals surface area contributed by atoms with Crippen LogP contribution in [0.3, 0.4) is 0 Å². The van der Waals surface area contributed by atoms with Gasteiger partial charge in [-0.25, -0.2) is 9.86 Å². The zero-order valence-corrected chi connectivity index (χ0v) is 16.2. The van der Waals surface area contributed by atoms with Crippen LogP contribution in [0.25, 0.3) is 0 Å². The number of hydrogen-bond donors (Lipinski definition) is 9. The van der Waals surface area contributed by atoms with Crippen molar-refractivity contribution in [3.05, 3.63) is 0 Å². The van der Waals surface area contributed by atoms with Crippen LogP contribution in [0.2, 0.25) is 0 Å². The maximum Gasteiger partial charge on any atom is 0.341 e. The Morgan fingerprint density at radius 2 is 1.90 bits per heavy atom. The number of aliphatic hydroxyl groups excluding tert-OH is 4. The normalized spacial score (nSPS) is 43.1. The first-order chi connectivity index (χ1) is 13.6. The number of hydroxylamine groups is 2. The van der Waals surface area contributed by atoms with Gasteiger partial charge in [-0.3, -0.25) is 5.21 Å². The summed E-state index contributed by atoms with van der Waals surface area (Å²) in [5.74, 6) is -0.406. The van der Waals surface area contributed by atoms with Gasteiger partial charge in [0.15, 0.2) is 6.29 Å². The Balaban J connectivity index is 2.17. The maximum atomic E-state index is 12.2. The van der Waals surface area contributed by atoms with Crippen molar-refractivity contribution in [1.29, 1.82) is 0 Å². The van der Waals surface area contributed by atoms with Crippen molar-refractivity contribution >= 4 is 6.03 Å². The fourth-order valence-corrected chi connectivity index (χ4v) is 3.59. The number of amides is 2. The summed E-state index contributed by atoms with van der Waals surface area (Å²) in [7, 11) is 0. The molecule has 2 aliphatic rings. The van der Waals surface area contributed by atoms with E-state index in [0.29, 0.717) is 5.06 Å². The molecule has 0 spiro atoms. The zero-order chi connectivity index (χ0) is 21.9. The van der Waals surface area contributed by atoms with Crippen LogP contribution in [0.5, 0.6) is 0 Å². The molecule has 2 rings (SSSR count). The van der Waals surface area contributed by atoms with Gasteiger partial charge in [-0.05, 0) is 12.3 Å². The number of nitrogens with two attached hydrogens (primary N) is 3. The average Bonchev–Trinajstić information content (AvgIpc) is 2.69. The lowest BCUT2D eigenvalue weighted by Gasteiger charge is -2.47. The summed E-state index contributed by atoms with van der Waals surface area (Å²) < 4.78 is 11.2. The SMILES string of the molecule is CC1[C@@H](N)C[C@@H](NC(=O)N(O)CCN)[C@H](O[C@H]2O[C@H](CO)[C@@H](O)[C@H](N)[C@H]2O)[C@H]1O. The molecule has 1 saturated heterocycles. The molecular weight excluding hydrogens is 390 g/mol. The predicted octanol–water partition coefficient (Wildman–Crippen LogP) is -4.41. The van der Waals surface area contributed by atoms with Gasteiger partial charge in [0.1, 0.15) is 24.4 Å². The molecule has 2 fully saturated rings. The average molecular weight is 423 g/mol. The molecule has 13 heteroatoms. The number of ether oxygens (including phenoxy) is 2. The lowest BCUT2D eigenvalue weighted by molar-refractivity contribution is -0.303. The summed E-state index contributed by atoms with van der Waals surface area (Å²) in [4.78, 5) is 12.2. The molecule has 0 bridgehead atoms. The molecule has 0 aromatic carbocycles. The maximum absolute atomic E-state index is 12.2. The van der Waals surface area contributed by atoms with Gasteiger partial charge < -0.3 is 52.4 Å². The van der Waals surface area contributed by atoms with E-state index in [4.69, 9.17) is 26.7 Å². The van der Waals surface area contributed by atoms with Crippen LogP contribution in [0.4, 0.5) is 4.79 Å². The highest BCUT2D eigenvalue weighted by Gasteiger charge is 2.48. The summed E-state index contributed by atoms with van der Waals surface area (Å²) in [6, 6.07) is -3.31. The number of nitrogens with zero attached hydrogens (tertiary/aromatic N) is 1. The third kappa shape index (κ3) is 5.32. The Hall–Kier alpha value is -1.13. The number of nitrogens with one attached hydrogen (secondary N) is 1. The molecule has 0 aromatic heterocycles. The van der Waals surface area contributed by atoms with Gasteiger partial charge in [0, 0.05) is 12.6 Å². The van der Waals surface area contributed by atoms with Crippen LogP contribution in [-0.4, -0.2) is 111 Å². The molecule has 1 aliphatic carbocycles. The third-order valence-corrected chi connectivity index (χ3v) is 5.59. The molecular formula is C16H33N5O8. The van der Waals surface area contributed by atoms with E-state index >= 15 is 0 Å². The number of carbonyl (C=O) groups excluding carboxylic acids is 1. The van der Waals surface area contributed by atoms with E-state index in [-0.39, 0.29) is 19.5 Å². The van der Waals surface area contributed by atoms with Gasteiger partial charge >= 0.3 is 6.03 Å². The standard InChI is InChI=1S/C16H33N5O8/c1-6-7(18)4-8(20-16(26)21(27)3-2-17)14(11(6)23)29-15-13(25)10(19)12(24)9(5-22)28-15/h6-15,22-25,27H,2-5,17-19H2,1H3,(H,20,26)/t6?,7-,8+,9+,10-,11-,12+,13+,14-,15+/m0/s1. The van der Waals surface area contributed by atoms with Crippen LogP contribution < -0.4 is 22.5 Å². The number of aliphatic hydroxyl groups is 4. The quantitative estimate of drug-likeness (QED) is 0.146. The lowest BCUT2D eigenvalue weighted by Crippen LogP contribution is -2.67. The first kappa shape index (κ1) is 24.1. The van der Waals surface area contributed by atoms with Crippen molar-refractivity contribution in [3.8, 4) is 0 Å². The zero-order valence-electron chi connectivity index (χ0n) is 16.2. The smallest absolute Gasteiger partial charge is 0.341 e. The largest absolute Gasteiger partial charge is 0.394 e. The molecule has 1 saturated carbocycles. The van der Waals surface area contributed by atoms with E-state index in [1.54, 1.807) is 6.92 Å². The Kier molecular flexibility index (Phi) is 8.54. The van der Waals surface area contributed by atoms with E-state index < -0.39 is 73.5 Å². The number of hydrogen-bond acceptors (Lipinski definition) is 11. The van der Waals surface area contributed by atoms with Crippen LogP contribution in [0.15, 0.2) is 0 Å². The molecule has 10 atom stereocenters. The molecule has 29 heavy (non-hydrogen) atoms. The number of rotatable bonds is 6. The second kappa shape index (κ2) is 10.3. The van der Waals surface area contributed by atoms with Crippen molar-refractivity contribution < 1.29 is 39.9 Å². The molecule has 2 amide bonds. The molecule has 170 valence electrons. The van der Waals surface area contributed by atoms with Gasteiger partial charge in [-0.15, -0.1) is 0 Å². The van der Waals surface area contributed by atoms with Gasteiger partial charge in [0.25, 0.3) is 0 Å². The Bertz CT molecular complexity index is 543. The number of carbonyl (C=O) groups is 1. The molecule has 1 unspecified atom stereocenters. The second-order valence-corrected chi connectivity index (χ2v) is 7.60. The third-order valence-electron chi connectivity index (χ3n) is 5.59. The molecule has 1 aliphatic heterocycles. The molecule has 0 radical (unpaired) electrons. The van der Waals surface area contributed by atoms with E-state index in [2.05, 4.69) is 5.32 Å². The monoisotopic (exact) mass is 423 g/mol. The fraction of sp³-hybridized carbons (Fsp3) is 0.938. The molecule has 12 N–H and O–H groups in total. The predicted molar refractivity (Wildman–Crippen MR) is 98.2 cm³/mol. The van der Waals surface area contributed by atoms with Crippen LogP contribution >= 0.6 is 0 Å². The minimum Gasteiger partial charge on any atom is -0.394 e. The minimum absolute atomic E-state index is 0.0402. The van der Waals surface area contributed by atoms with E-state index in [9.17, 15) is 30.4 Å². The van der Waals surface area contributed by atoms with Crippen molar-refractivity contribution in [2.24, 2.45) is 23.1 Å². The summed E-state index contributed by atoms with van der Waals surface area (Å²) in [5, 5.41) is 52.9. The highest BCUT2D eigenvalue weighted by atomic mass is 16.7. The van der Waals surface area contributed by atoms with Gasteiger partial charge in [0.05, 0.1) is 31.3 Å². The minimum atomic E-state index is -1.45. The summed E-state index contributed by atoms with van der Waals surface area (Å²) in [6.45, 7) is 1.08. The topological polar surface area (TPSA) is 230 Å². The fourth-order valence-electron chi connectivity index (χ4n) is 3.59. The van der Waals surface area contributed by atoms with Crippen LogP contribution in [0, 0.1) is 5.92 Å². The van der Waals surface area contributed by atoms with Gasteiger partial charge in [-0.2, -0.15) is 0 Å².